The SMILES string of the molecule is FC(F)(F)Oc1cccc(NC2CCOC3(CCC3)C2)c1. The second-order valence-corrected chi connectivity index (χ2v) is 5.79. The van der Waals surface area contributed by atoms with Gasteiger partial charge in [-0.3, -0.25) is 0 Å². The Kier molecular flexibility index (Phi) is 3.73. The van der Waals surface area contributed by atoms with Crippen LogP contribution >= 0.6 is 0 Å². The summed E-state index contributed by atoms with van der Waals surface area (Å²) >= 11 is 0. The lowest BCUT2D eigenvalue weighted by atomic mass is 9.74. The Labute approximate surface area is 121 Å². The van der Waals surface area contributed by atoms with Crippen molar-refractivity contribution in [1.82, 2.24) is 0 Å². The summed E-state index contributed by atoms with van der Waals surface area (Å²) in [4.78, 5) is 0. The molecule has 2 fully saturated rings. The topological polar surface area (TPSA) is 30.5 Å². The summed E-state index contributed by atoms with van der Waals surface area (Å²) in [5.74, 6) is -0.196. The minimum Gasteiger partial charge on any atom is -0.406 e. The molecule has 1 aromatic rings. The van der Waals surface area contributed by atoms with Crippen LogP contribution in [0.15, 0.2) is 24.3 Å². The van der Waals surface area contributed by atoms with Crippen LogP contribution in [0.2, 0.25) is 0 Å². The van der Waals surface area contributed by atoms with Crippen molar-refractivity contribution in [3.8, 4) is 5.75 Å². The molecule has 21 heavy (non-hydrogen) atoms. The van der Waals surface area contributed by atoms with Gasteiger partial charge in [0.2, 0.25) is 0 Å². The van der Waals surface area contributed by atoms with E-state index in [1.54, 1.807) is 12.1 Å². The quantitative estimate of drug-likeness (QED) is 0.912. The van der Waals surface area contributed by atoms with Crippen molar-refractivity contribution in [2.24, 2.45) is 0 Å². The monoisotopic (exact) mass is 301 g/mol. The summed E-state index contributed by atoms with van der Waals surface area (Å²) in [6, 6.07) is 6.24. The van der Waals surface area contributed by atoms with Crippen molar-refractivity contribution in [3.05, 3.63) is 24.3 Å². The first-order valence-electron chi connectivity index (χ1n) is 7.21. The third kappa shape index (κ3) is 3.61. The lowest BCUT2D eigenvalue weighted by molar-refractivity contribution is -0.274. The highest BCUT2D eigenvalue weighted by atomic mass is 19.4. The molecule has 1 unspecified atom stereocenters. The lowest BCUT2D eigenvalue weighted by Gasteiger charge is -2.47. The summed E-state index contributed by atoms with van der Waals surface area (Å²) in [5.41, 5.74) is 0.661. The molecule has 1 N–H and O–H groups in total. The number of anilines is 1. The van der Waals surface area contributed by atoms with Crippen LogP contribution in [0.4, 0.5) is 18.9 Å². The van der Waals surface area contributed by atoms with Gasteiger partial charge in [0, 0.05) is 24.4 Å². The second-order valence-electron chi connectivity index (χ2n) is 5.79. The van der Waals surface area contributed by atoms with Gasteiger partial charge in [0.1, 0.15) is 5.75 Å². The molecule has 1 saturated heterocycles. The highest BCUT2D eigenvalue weighted by molar-refractivity contribution is 5.49. The molecule has 0 radical (unpaired) electrons. The maximum absolute atomic E-state index is 12.2. The molecule has 3 nitrogen and oxygen atoms in total. The zero-order valence-electron chi connectivity index (χ0n) is 11.6. The van der Waals surface area contributed by atoms with Gasteiger partial charge >= 0.3 is 6.36 Å². The van der Waals surface area contributed by atoms with Gasteiger partial charge < -0.3 is 14.8 Å². The van der Waals surface area contributed by atoms with Crippen molar-refractivity contribution in [3.63, 3.8) is 0 Å². The molecule has 1 heterocycles. The molecule has 1 saturated carbocycles. The van der Waals surface area contributed by atoms with Crippen LogP contribution in [0.5, 0.6) is 5.75 Å². The van der Waals surface area contributed by atoms with Gasteiger partial charge in [-0.1, -0.05) is 6.07 Å². The summed E-state index contributed by atoms with van der Waals surface area (Å²) in [6.07, 6.45) is 0.489. The van der Waals surface area contributed by atoms with Gasteiger partial charge in [0.05, 0.1) is 5.60 Å². The summed E-state index contributed by atoms with van der Waals surface area (Å²) in [7, 11) is 0. The Bertz CT molecular complexity index is 500. The van der Waals surface area contributed by atoms with Gasteiger partial charge in [-0.2, -0.15) is 0 Å². The zero-order valence-corrected chi connectivity index (χ0v) is 11.6. The van der Waals surface area contributed by atoms with E-state index in [4.69, 9.17) is 4.74 Å². The Morgan fingerprint density at radius 3 is 2.76 bits per heavy atom. The van der Waals surface area contributed by atoms with E-state index >= 15 is 0 Å². The highest BCUT2D eigenvalue weighted by Gasteiger charge is 2.42. The van der Waals surface area contributed by atoms with Gasteiger partial charge in [0.15, 0.2) is 0 Å². The maximum Gasteiger partial charge on any atom is 0.573 e. The van der Waals surface area contributed by atoms with Crippen molar-refractivity contribution < 1.29 is 22.6 Å². The molecule has 0 amide bonds. The molecule has 6 heteroatoms. The van der Waals surface area contributed by atoms with Crippen LogP contribution in [0.1, 0.15) is 32.1 Å². The van der Waals surface area contributed by atoms with E-state index < -0.39 is 6.36 Å². The average Bonchev–Trinajstić information content (AvgIpc) is 2.35. The number of hydrogen-bond acceptors (Lipinski definition) is 3. The van der Waals surface area contributed by atoms with Gasteiger partial charge in [-0.25, -0.2) is 0 Å². The molecule has 116 valence electrons. The first kappa shape index (κ1) is 14.5. The number of alkyl halides is 3. The Hall–Kier alpha value is -1.43. The molecule has 1 aliphatic heterocycles. The normalized spacial score (nSPS) is 24.4. The molecular formula is C15H18F3NO2. The van der Waals surface area contributed by atoms with Crippen LogP contribution in [0, 0.1) is 0 Å². The number of rotatable bonds is 3. The van der Waals surface area contributed by atoms with Crippen LogP contribution < -0.4 is 10.1 Å². The number of hydrogen-bond donors (Lipinski definition) is 1. The molecule has 1 aromatic carbocycles. The fourth-order valence-corrected chi connectivity index (χ4v) is 3.09. The highest BCUT2D eigenvalue weighted by Crippen LogP contribution is 2.43. The minimum absolute atomic E-state index is 0.00992. The molecule has 2 aliphatic rings. The molecule has 3 rings (SSSR count). The molecule has 1 atom stereocenters. The van der Waals surface area contributed by atoms with E-state index in [-0.39, 0.29) is 17.4 Å². The standard InChI is InChI=1S/C15H18F3NO2/c16-15(17,18)21-13-4-1-3-11(9-13)19-12-5-8-20-14(10-12)6-2-7-14/h1,3-4,9,12,19H,2,5-8,10H2. The second kappa shape index (κ2) is 5.40. The zero-order chi connectivity index (χ0) is 14.9. The van der Waals surface area contributed by atoms with Crippen molar-refractivity contribution in [1.29, 1.82) is 0 Å². The van der Waals surface area contributed by atoms with E-state index in [0.29, 0.717) is 12.3 Å². The Balaban J connectivity index is 1.63. The van der Waals surface area contributed by atoms with Crippen molar-refractivity contribution in [2.75, 3.05) is 11.9 Å². The van der Waals surface area contributed by atoms with E-state index in [1.165, 1.54) is 18.6 Å². The molecule has 1 spiro atoms. The third-order valence-electron chi connectivity index (χ3n) is 4.20. The predicted molar refractivity (Wildman–Crippen MR) is 72.3 cm³/mol. The maximum atomic E-state index is 12.2. The number of ether oxygens (including phenoxy) is 2. The molecule has 0 aromatic heterocycles. The van der Waals surface area contributed by atoms with E-state index in [0.717, 1.165) is 25.7 Å². The largest absolute Gasteiger partial charge is 0.573 e. The van der Waals surface area contributed by atoms with Crippen LogP contribution in [-0.4, -0.2) is 24.6 Å². The Morgan fingerprint density at radius 2 is 2.10 bits per heavy atom. The van der Waals surface area contributed by atoms with Gasteiger partial charge in [-0.15, -0.1) is 13.2 Å². The van der Waals surface area contributed by atoms with E-state index in [9.17, 15) is 13.2 Å². The Morgan fingerprint density at radius 1 is 1.29 bits per heavy atom. The minimum atomic E-state index is -4.66. The lowest BCUT2D eigenvalue weighted by Crippen LogP contribution is -2.49. The van der Waals surface area contributed by atoms with Crippen LogP contribution in [-0.2, 0) is 4.74 Å². The van der Waals surface area contributed by atoms with E-state index in [1.807, 2.05) is 0 Å². The number of halogens is 3. The smallest absolute Gasteiger partial charge is 0.406 e. The van der Waals surface area contributed by atoms with Gasteiger partial charge in [0.25, 0.3) is 0 Å². The number of nitrogens with one attached hydrogen (secondary N) is 1. The summed E-state index contributed by atoms with van der Waals surface area (Å²) in [6.45, 7) is 0.705. The van der Waals surface area contributed by atoms with Crippen LogP contribution in [0.25, 0.3) is 0 Å². The predicted octanol–water partition coefficient (Wildman–Crippen LogP) is 4.10. The molecule has 1 aliphatic carbocycles. The third-order valence-corrected chi connectivity index (χ3v) is 4.20. The van der Waals surface area contributed by atoms with Gasteiger partial charge in [-0.05, 0) is 44.2 Å². The summed E-state index contributed by atoms with van der Waals surface area (Å²) in [5, 5.41) is 3.30. The first-order chi connectivity index (χ1) is 9.94. The number of benzene rings is 1. The first-order valence-corrected chi connectivity index (χ1v) is 7.21. The fourth-order valence-electron chi connectivity index (χ4n) is 3.09. The fraction of sp³-hybridized carbons (Fsp3) is 0.600. The molecule has 0 bridgehead atoms. The van der Waals surface area contributed by atoms with Crippen LogP contribution in [0.3, 0.4) is 0 Å². The van der Waals surface area contributed by atoms with E-state index in [2.05, 4.69) is 10.1 Å². The van der Waals surface area contributed by atoms with Crippen molar-refractivity contribution >= 4 is 5.69 Å². The molecular weight excluding hydrogens is 283 g/mol. The van der Waals surface area contributed by atoms with Crippen molar-refractivity contribution in [2.45, 2.75) is 50.1 Å². The average molecular weight is 301 g/mol. The summed E-state index contributed by atoms with van der Waals surface area (Å²) < 4.78 is 46.5.